The van der Waals surface area contributed by atoms with E-state index in [1.165, 1.54) is 5.56 Å². The Hall–Kier alpha value is 0.280. The van der Waals surface area contributed by atoms with E-state index >= 15 is 0 Å². The van der Waals surface area contributed by atoms with Crippen molar-refractivity contribution in [1.82, 2.24) is 0 Å². The Bertz CT molecular complexity index is 271. The molecule has 1 aromatic rings. The van der Waals surface area contributed by atoms with Crippen LogP contribution in [-0.2, 0) is 6.42 Å². The first-order chi connectivity index (χ1) is 5.15. The molecule has 0 bridgehead atoms. The SMILES string of the molecule is CCc1cc(Cl)c(Cl)cc1Br. The van der Waals surface area contributed by atoms with Gasteiger partial charge in [0.1, 0.15) is 0 Å². The van der Waals surface area contributed by atoms with E-state index in [1.54, 1.807) is 0 Å². The van der Waals surface area contributed by atoms with E-state index in [4.69, 9.17) is 23.2 Å². The molecule has 0 saturated heterocycles. The molecule has 0 N–H and O–H groups in total. The highest BCUT2D eigenvalue weighted by molar-refractivity contribution is 9.10. The highest BCUT2D eigenvalue weighted by atomic mass is 79.9. The molecule has 1 rings (SSSR count). The van der Waals surface area contributed by atoms with Gasteiger partial charge in [-0.05, 0) is 24.1 Å². The van der Waals surface area contributed by atoms with E-state index in [9.17, 15) is 0 Å². The lowest BCUT2D eigenvalue weighted by molar-refractivity contribution is 1.13. The second-order valence-corrected chi connectivity index (χ2v) is 3.88. The van der Waals surface area contributed by atoms with E-state index < -0.39 is 0 Å². The summed E-state index contributed by atoms with van der Waals surface area (Å²) in [6.45, 7) is 2.07. The molecule has 0 aromatic heterocycles. The van der Waals surface area contributed by atoms with Gasteiger partial charge in [0, 0.05) is 4.47 Å². The highest BCUT2D eigenvalue weighted by Crippen LogP contribution is 2.29. The molecule has 0 atom stereocenters. The van der Waals surface area contributed by atoms with Crippen molar-refractivity contribution in [2.24, 2.45) is 0 Å². The molecule has 0 spiro atoms. The van der Waals surface area contributed by atoms with Crippen molar-refractivity contribution in [1.29, 1.82) is 0 Å². The van der Waals surface area contributed by atoms with Gasteiger partial charge in [-0.3, -0.25) is 0 Å². The van der Waals surface area contributed by atoms with Crippen LogP contribution >= 0.6 is 39.1 Å². The minimum atomic E-state index is 0.593. The fourth-order valence-electron chi connectivity index (χ4n) is 0.835. The average molecular weight is 254 g/mol. The van der Waals surface area contributed by atoms with Gasteiger partial charge in [-0.1, -0.05) is 46.1 Å². The Morgan fingerprint density at radius 2 is 1.82 bits per heavy atom. The van der Waals surface area contributed by atoms with Crippen molar-refractivity contribution in [2.45, 2.75) is 13.3 Å². The van der Waals surface area contributed by atoms with Crippen molar-refractivity contribution in [3.63, 3.8) is 0 Å². The van der Waals surface area contributed by atoms with Gasteiger partial charge in [-0.25, -0.2) is 0 Å². The number of halogens is 3. The van der Waals surface area contributed by atoms with Crippen LogP contribution in [0.5, 0.6) is 0 Å². The molecule has 0 aliphatic carbocycles. The lowest BCUT2D eigenvalue weighted by Gasteiger charge is -2.02. The molecular weight excluding hydrogens is 247 g/mol. The summed E-state index contributed by atoms with van der Waals surface area (Å²) in [5.41, 5.74) is 1.18. The summed E-state index contributed by atoms with van der Waals surface area (Å²) in [4.78, 5) is 0. The summed E-state index contributed by atoms with van der Waals surface area (Å²) in [7, 11) is 0. The van der Waals surface area contributed by atoms with E-state index in [-0.39, 0.29) is 0 Å². The van der Waals surface area contributed by atoms with Crippen LogP contribution in [0.1, 0.15) is 12.5 Å². The zero-order valence-corrected chi connectivity index (χ0v) is 9.09. The van der Waals surface area contributed by atoms with E-state index in [0.717, 1.165) is 10.9 Å². The molecule has 0 saturated carbocycles. The van der Waals surface area contributed by atoms with Crippen LogP contribution in [0.25, 0.3) is 0 Å². The average Bonchev–Trinajstić information content (AvgIpc) is 1.97. The summed E-state index contributed by atoms with van der Waals surface area (Å²) in [5, 5.41) is 1.21. The minimum Gasteiger partial charge on any atom is -0.0827 e. The van der Waals surface area contributed by atoms with Gasteiger partial charge in [0.15, 0.2) is 0 Å². The van der Waals surface area contributed by atoms with Crippen molar-refractivity contribution < 1.29 is 0 Å². The summed E-state index contributed by atoms with van der Waals surface area (Å²) in [6.07, 6.45) is 0.956. The minimum absolute atomic E-state index is 0.593. The molecule has 1 aromatic carbocycles. The molecule has 0 heterocycles. The molecule has 3 heteroatoms. The highest BCUT2D eigenvalue weighted by Gasteiger charge is 2.02. The Morgan fingerprint density at radius 3 is 2.36 bits per heavy atom. The van der Waals surface area contributed by atoms with Crippen LogP contribution in [0, 0.1) is 0 Å². The number of benzene rings is 1. The molecule has 60 valence electrons. The smallest absolute Gasteiger partial charge is 0.0603 e. The summed E-state index contributed by atoms with van der Waals surface area (Å²) >= 11 is 15.0. The fourth-order valence-corrected chi connectivity index (χ4v) is 1.94. The Balaban J connectivity index is 3.21. The number of aryl methyl sites for hydroxylation is 1. The third-order valence-electron chi connectivity index (χ3n) is 1.47. The maximum absolute atomic E-state index is 5.81. The summed E-state index contributed by atoms with van der Waals surface area (Å²) < 4.78 is 1.02. The first-order valence-electron chi connectivity index (χ1n) is 3.28. The molecule has 0 fully saturated rings. The summed E-state index contributed by atoms with van der Waals surface area (Å²) in [5.74, 6) is 0. The fraction of sp³-hybridized carbons (Fsp3) is 0.250. The first-order valence-corrected chi connectivity index (χ1v) is 4.83. The third-order valence-corrected chi connectivity index (χ3v) is 2.93. The molecule has 0 amide bonds. The predicted molar refractivity (Wildman–Crippen MR) is 53.5 cm³/mol. The second kappa shape index (κ2) is 3.79. The molecular formula is C8H7BrCl2. The zero-order valence-electron chi connectivity index (χ0n) is 6.00. The maximum atomic E-state index is 5.81. The normalized spacial score (nSPS) is 10.2. The molecule has 0 radical (unpaired) electrons. The predicted octanol–water partition coefficient (Wildman–Crippen LogP) is 4.32. The van der Waals surface area contributed by atoms with E-state index in [1.807, 2.05) is 12.1 Å². The van der Waals surface area contributed by atoms with Gasteiger partial charge in [0.25, 0.3) is 0 Å². The Morgan fingerprint density at radius 1 is 1.27 bits per heavy atom. The Labute approximate surface area is 84.6 Å². The van der Waals surface area contributed by atoms with Crippen molar-refractivity contribution in [2.75, 3.05) is 0 Å². The molecule has 11 heavy (non-hydrogen) atoms. The van der Waals surface area contributed by atoms with Crippen molar-refractivity contribution in [3.05, 3.63) is 32.2 Å². The standard InChI is InChI=1S/C8H7BrCl2/c1-2-5-3-7(10)8(11)4-6(5)9/h3-4H,2H2,1H3. The zero-order chi connectivity index (χ0) is 8.43. The van der Waals surface area contributed by atoms with Gasteiger partial charge in [0.05, 0.1) is 10.0 Å². The second-order valence-electron chi connectivity index (χ2n) is 2.21. The van der Waals surface area contributed by atoms with Gasteiger partial charge in [-0.2, -0.15) is 0 Å². The topological polar surface area (TPSA) is 0 Å². The molecule has 0 aliphatic heterocycles. The van der Waals surface area contributed by atoms with Gasteiger partial charge < -0.3 is 0 Å². The van der Waals surface area contributed by atoms with Gasteiger partial charge in [0.2, 0.25) is 0 Å². The maximum Gasteiger partial charge on any atom is 0.0603 e. The number of rotatable bonds is 1. The lowest BCUT2D eigenvalue weighted by Crippen LogP contribution is -1.82. The molecule has 0 aliphatic rings. The lowest BCUT2D eigenvalue weighted by atomic mass is 10.2. The van der Waals surface area contributed by atoms with Crippen molar-refractivity contribution in [3.8, 4) is 0 Å². The van der Waals surface area contributed by atoms with Crippen LogP contribution in [0.2, 0.25) is 10.0 Å². The largest absolute Gasteiger partial charge is 0.0827 e. The van der Waals surface area contributed by atoms with Crippen LogP contribution in [0.4, 0.5) is 0 Å². The molecule has 0 unspecified atom stereocenters. The monoisotopic (exact) mass is 252 g/mol. The van der Waals surface area contributed by atoms with Crippen LogP contribution in [0.15, 0.2) is 16.6 Å². The Kier molecular flexibility index (Phi) is 3.23. The number of hydrogen-bond donors (Lipinski definition) is 0. The van der Waals surface area contributed by atoms with Crippen LogP contribution in [-0.4, -0.2) is 0 Å². The first kappa shape index (κ1) is 9.37. The quantitative estimate of drug-likeness (QED) is 0.654. The van der Waals surface area contributed by atoms with E-state index in [0.29, 0.717) is 10.0 Å². The third kappa shape index (κ3) is 2.11. The van der Waals surface area contributed by atoms with Crippen LogP contribution < -0.4 is 0 Å². The van der Waals surface area contributed by atoms with E-state index in [2.05, 4.69) is 22.9 Å². The van der Waals surface area contributed by atoms with Gasteiger partial charge in [-0.15, -0.1) is 0 Å². The molecule has 0 nitrogen and oxygen atoms in total. The number of hydrogen-bond acceptors (Lipinski definition) is 0. The van der Waals surface area contributed by atoms with Crippen molar-refractivity contribution >= 4 is 39.1 Å². The van der Waals surface area contributed by atoms with Gasteiger partial charge >= 0.3 is 0 Å². The summed E-state index contributed by atoms with van der Waals surface area (Å²) in [6, 6.07) is 3.71. The van der Waals surface area contributed by atoms with Crippen LogP contribution in [0.3, 0.4) is 0 Å².